The Morgan fingerprint density at radius 3 is 2.48 bits per heavy atom. The summed E-state index contributed by atoms with van der Waals surface area (Å²) < 4.78 is 11.1. The van der Waals surface area contributed by atoms with Gasteiger partial charge in [-0.2, -0.15) is 0 Å². The second kappa shape index (κ2) is 7.18. The number of carbonyl (C=O) groups is 1. The quantitative estimate of drug-likeness (QED) is 0.897. The normalized spacial score (nSPS) is 14.7. The van der Waals surface area contributed by atoms with Gasteiger partial charge in [-0.25, -0.2) is 0 Å². The Morgan fingerprint density at radius 2 is 1.76 bits per heavy atom. The molecule has 1 aliphatic rings. The number of hydrogen-bond donors (Lipinski definition) is 1. The molecule has 1 unspecified atom stereocenters. The molecule has 4 heteroatoms. The highest BCUT2D eigenvalue weighted by Crippen LogP contribution is 2.31. The maximum absolute atomic E-state index is 12.6. The van der Waals surface area contributed by atoms with E-state index in [4.69, 9.17) is 9.47 Å². The molecule has 1 heterocycles. The molecular weight excluding hydrogens is 314 g/mol. The lowest BCUT2D eigenvalue weighted by molar-refractivity contribution is 0.0933. The van der Waals surface area contributed by atoms with E-state index in [1.807, 2.05) is 13.0 Å². The van der Waals surface area contributed by atoms with Crippen molar-refractivity contribution >= 4 is 5.91 Å². The van der Waals surface area contributed by atoms with Crippen LogP contribution in [0.2, 0.25) is 0 Å². The largest absolute Gasteiger partial charge is 0.486 e. The van der Waals surface area contributed by atoms with E-state index in [9.17, 15) is 4.79 Å². The summed E-state index contributed by atoms with van der Waals surface area (Å²) in [6.07, 6.45) is 0.854. The number of rotatable bonds is 5. The molecule has 3 rings (SSSR count). The first-order chi connectivity index (χ1) is 12.0. The van der Waals surface area contributed by atoms with E-state index in [0.29, 0.717) is 30.3 Å². The fourth-order valence-electron chi connectivity index (χ4n) is 3.32. The molecule has 0 bridgehead atoms. The van der Waals surface area contributed by atoms with E-state index >= 15 is 0 Å². The number of amides is 1. The molecule has 2 aromatic carbocycles. The zero-order valence-electron chi connectivity index (χ0n) is 15.0. The van der Waals surface area contributed by atoms with Crippen molar-refractivity contribution in [2.75, 3.05) is 13.2 Å². The van der Waals surface area contributed by atoms with Crippen molar-refractivity contribution < 1.29 is 14.3 Å². The van der Waals surface area contributed by atoms with Gasteiger partial charge in [0.25, 0.3) is 5.91 Å². The van der Waals surface area contributed by atoms with Crippen LogP contribution in [0.4, 0.5) is 0 Å². The first kappa shape index (κ1) is 17.3. The van der Waals surface area contributed by atoms with E-state index < -0.39 is 0 Å². The molecule has 1 atom stereocenters. The fourth-order valence-corrected chi connectivity index (χ4v) is 3.32. The van der Waals surface area contributed by atoms with Gasteiger partial charge in [0.15, 0.2) is 11.5 Å². The molecule has 132 valence electrons. The van der Waals surface area contributed by atoms with Crippen molar-refractivity contribution in [3.05, 3.63) is 59.7 Å². The second-order valence-corrected chi connectivity index (χ2v) is 7.19. The minimum absolute atomic E-state index is 0.0131. The lowest BCUT2D eigenvalue weighted by atomic mass is 9.79. The van der Waals surface area contributed by atoms with Crippen molar-refractivity contribution in [2.45, 2.75) is 38.6 Å². The third-order valence-corrected chi connectivity index (χ3v) is 4.55. The molecule has 0 saturated heterocycles. The smallest absolute Gasteiger partial charge is 0.251 e. The zero-order chi connectivity index (χ0) is 17.9. The first-order valence-electron chi connectivity index (χ1n) is 8.72. The molecule has 0 fully saturated rings. The second-order valence-electron chi connectivity index (χ2n) is 7.19. The lowest BCUT2D eigenvalue weighted by Gasteiger charge is -2.29. The highest BCUT2D eigenvalue weighted by Gasteiger charge is 2.24. The number of benzene rings is 2. The molecule has 0 saturated carbocycles. The van der Waals surface area contributed by atoms with Crippen LogP contribution in [0.5, 0.6) is 11.5 Å². The summed E-state index contributed by atoms with van der Waals surface area (Å²) in [7, 11) is 0. The monoisotopic (exact) mass is 339 g/mol. The van der Waals surface area contributed by atoms with Gasteiger partial charge < -0.3 is 14.8 Å². The van der Waals surface area contributed by atoms with E-state index in [1.54, 1.807) is 18.2 Å². The third kappa shape index (κ3) is 4.13. The third-order valence-electron chi connectivity index (χ3n) is 4.55. The molecule has 25 heavy (non-hydrogen) atoms. The van der Waals surface area contributed by atoms with Crippen LogP contribution in [-0.4, -0.2) is 25.2 Å². The van der Waals surface area contributed by atoms with Crippen molar-refractivity contribution in [1.29, 1.82) is 0 Å². The molecule has 1 amide bonds. The maximum atomic E-state index is 12.6. The Bertz CT molecular complexity index is 740. The van der Waals surface area contributed by atoms with E-state index in [2.05, 4.69) is 43.4 Å². The summed E-state index contributed by atoms with van der Waals surface area (Å²) in [5.74, 6) is 1.24. The van der Waals surface area contributed by atoms with Gasteiger partial charge >= 0.3 is 0 Å². The topological polar surface area (TPSA) is 47.6 Å². The van der Waals surface area contributed by atoms with Crippen molar-refractivity contribution in [3.8, 4) is 11.5 Å². The summed E-state index contributed by atoms with van der Waals surface area (Å²) in [5.41, 5.74) is 1.85. The minimum Gasteiger partial charge on any atom is -0.486 e. The van der Waals surface area contributed by atoms with E-state index in [1.165, 1.54) is 5.56 Å². The highest BCUT2D eigenvalue weighted by atomic mass is 16.6. The average molecular weight is 339 g/mol. The number of carbonyl (C=O) groups excluding carboxylic acids is 1. The molecule has 4 nitrogen and oxygen atoms in total. The van der Waals surface area contributed by atoms with Gasteiger partial charge in [-0.15, -0.1) is 0 Å². The number of fused-ring (bicyclic) bond motifs is 1. The van der Waals surface area contributed by atoms with Crippen LogP contribution in [0, 0.1) is 0 Å². The van der Waals surface area contributed by atoms with Gasteiger partial charge in [0.1, 0.15) is 13.2 Å². The molecule has 1 N–H and O–H groups in total. The van der Waals surface area contributed by atoms with Gasteiger partial charge in [0.05, 0.1) is 0 Å². The fraction of sp³-hybridized carbons (Fsp3) is 0.381. The molecule has 0 radical (unpaired) electrons. The van der Waals surface area contributed by atoms with Gasteiger partial charge in [-0.1, -0.05) is 44.2 Å². The van der Waals surface area contributed by atoms with Crippen molar-refractivity contribution in [1.82, 2.24) is 5.32 Å². The van der Waals surface area contributed by atoms with Gasteiger partial charge in [0.2, 0.25) is 0 Å². The van der Waals surface area contributed by atoms with E-state index in [-0.39, 0.29) is 17.4 Å². The Balaban J connectivity index is 1.64. The standard InChI is InChI=1S/C21H25NO3/c1-15(14-21(2,3)17-7-5-4-6-8-17)22-20(23)16-9-10-18-19(13-16)25-12-11-24-18/h4-10,13,15H,11-12,14H2,1-3H3,(H,22,23). The SMILES string of the molecule is CC(CC(C)(C)c1ccccc1)NC(=O)c1ccc2c(c1)OCCO2. The van der Waals surface area contributed by atoms with Crippen LogP contribution < -0.4 is 14.8 Å². The summed E-state index contributed by atoms with van der Waals surface area (Å²) in [6, 6.07) is 15.8. The predicted molar refractivity (Wildman–Crippen MR) is 98.4 cm³/mol. The van der Waals surface area contributed by atoms with Crippen LogP contribution in [0.15, 0.2) is 48.5 Å². The van der Waals surface area contributed by atoms with Crippen LogP contribution >= 0.6 is 0 Å². The zero-order valence-corrected chi connectivity index (χ0v) is 15.0. The van der Waals surface area contributed by atoms with Crippen LogP contribution in [0.1, 0.15) is 43.1 Å². The Hall–Kier alpha value is -2.49. The first-order valence-corrected chi connectivity index (χ1v) is 8.72. The number of nitrogens with one attached hydrogen (secondary N) is 1. The summed E-state index contributed by atoms with van der Waals surface area (Å²) in [5, 5.41) is 3.09. The minimum atomic E-state index is -0.0895. The molecular formula is C21H25NO3. The van der Waals surface area contributed by atoms with Crippen LogP contribution in [-0.2, 0) is 5.41 Å². The Morgan fingerprint density at radius 1 is 1.08 bits per heavy atom. The van der Waals surface area contributed by atoms with Crippen LogP contribution in [0.25, 0.3) is 0 Å². The van der Waals surface area contributed by atoms with E-state index in [0.717, 1.165) is 6.42 Å². The highest BCUT2D eigenvalue weighted by molar-refractivity contribution is 5.95. The molecule has 1 aliphatic heterocycles. The van der Waals surface area contributed by atoms with Crippen molar-refractivity contribution in [2.24, 2.45) is 0 Å². The van der Waals surface area contributed by atoms with Crippen molar-refractivity contribution in [3.63, 3.8) is 0 Å². The Labute approximate surface area is 149 Å². The molecule has 2 aromatic rings. The Kier molecular flexibility index (Phi) is 4.98. The summed E-state index contributed by atoms with van der Waals surface area (Å²) >= 11 is 0. The summed E-state index contributed by atoms with van der Waals surface area (Å²) in [6.45, 7) is 7.51. The van der Waals surface area contributed by atoms with Gasteiger partial charge in [0, 0.05) is 11.6 Å². The number of hydrogen-bond acceptors (Lipinski definition) is 3. The van der Waals surface area contributed by atoms with Gasteiger partial charge in [-0.05, 0) is 42.5 Å². The molecule has 0 aromatic heterocycles. The molecule has 0 aliphatic carbocycles. The average Bonchev–Trinajstić information content (AvgIpc) is 2.61. The predicted octanol–water partition coefficient (Wildman–Crippen LogP) is 3.94. The van der Waals surface area contributed by atoms with Gasteiger partial charge in [-0.3, -0.25) is 4.79 Å². The number of ether oxygens (including phenoxy) is 2. The maximum Gasteiger partial charge on any atom is 0.251 e. The lowest BCUT2D eigenvalue weighted by Crippen LogP contribution is -2.37. The van der Waals surface area contributed by atoms with Crippen LogP contribution in [0.3, 0.4) is 0 Å². The summed E-state index contributed by atoms with van der Waals surface area (Å²) in [4.78, 5) is 12.6. The molecule has 0 spiro atoms.